The first kappa shape index (κ1) is 8.83. The first-order valence-electron chi connectivity index (χ1n) is 2.00. The van der Waals surface area contributed by atoms with Crippen LogP contribution in [-0.2, 0) is 0 Å². The Bertz CT molecular complexity index is 4.00. The molecule has 2 heteroatoms. The van der Waals surface area contributed by atoms with Crippen molar-refractivity contribution in [2.75, 3.05) is 0 Å². The summed E-state index contributed by atoms with van der Waals surface area (Å²) in [4.78, 5) is 0. The summed E-state index contributed by atoms with van der Waals surface area (Å²) in [6, 6.07) is 0. The molecule has 0 saturated heterocycles. The molecule has 0 aromatic carbocycles. The van der Waals surface area contributed by atoms with Gasteiger partial charge in [0.05, 0.1) is 0 Å². The molecule has 0 spiro atoms. The standard InChI is InChI=1S/2CH6Si/c2*1-2/h2*1-2H3. The predicted octanol–water partition coefficient (Wildman–Crippen LogP) is -1.20. The summed E-state index contributed by atoms with van der Waals surface area (Å²) in [5.41, 5.74) is 0. The molecule has 28 valence electrons. The van der Waals surface area contributed by atoms with Crippen LogP contribution < -0.4 is 0 Å². The first-order valence-corrected chi connectivity index (χ1v) is 6.00. The molecular formula is C2H12Si2. The minimum absolute atomic E-state index is 1.31. The maximum Gasteiger partial charge on any atom is -0.000585 e. The highest BCUT2D eigenvalue weighted by atomic mass is 28.1. The van der Waals surface area contributed by atoms with Gasteiger partial charge in [0.1, 0.15) is 0 Å². The minimum Gasteiger partial charge on any atom is -0.0777 e. The van der Waals surface area contributed by atoms with E-state index in [2.05, 4.69) is 13.1 Å². The molecular weight excluding hydrogens is 80.2 g/mol. The van der Waals surface area contributed by atoms with Gasteiger partial charge in [0.25, 0.3) is 0 Å². The van der Waals surface area contributed by atoms with Gasteiger partial charge in [-0.05, 0) is 20.5 Å². The molecule has 0 N–H and O–H groups in total. The van der Waals surface area contributed by atoms with E-state index in [0.717, 1.165) is 0 Å². The van der Waals surface area contributed by atoms with Crippen LogP contribution in [0.25, 0.3) is 0 Å². The van der Waals surface area contributed by atoms with Crippen LogP contribution in [0.2, 0.25) is 13.1 Å². The van der Waals surface area contributed by atoms with Crippen molar-refractivity contribution in [2.45, 2.75) is 13.1 Å². The van der Waals surface area contributed by atoms with E-state index in [1.54, 1.807) is 0 Å². The highest BCUT2D eigenvalue weighted by Gasteiger charge is 0.964. The quantitative estimate of drug-likeness (QED) is 0.329. The van der Waals surface area contributed by atoms with Crippen LogP contribution in [0.15, 0.2) is 0 Å². The molecule has 0 aromatic heterocycles. The van der Waals surface area contributed by atoms with Crippen LogP contribution in [0.4, 0.5) is 0 Å². The van der Waals surface area contributed by atoms with Gasteiger partial charge in [0, 0.05) is 0 Å². The molecule has 0 saturated carbocycles. The summed E-state index contributed by atoms with van der Waals surface area (Å²) in [6.45, 7) is 4.28. The lowest BCUT2D eigenvalue weighted by Crippen LogP contribution is -1.13. The Kier molecular flexibility index (Phi) is 239. The summed E-state index contributed by atoms with van der Waals surface area (Å²) in [5.74, 6) is 0. The van der Waals surface area contributed by atoms with E-state index in [-0.39, 0.29) is 0 Å². The third kappa shape index (κ3) is 26.6. The highest BCUT2D eigenvalue weighted by Crippen LogP contribution is 0.962. The van der Waals surface area contributed by atoms with E-state index < -0.39 is 0 Å². The van der Waals surface area contributed by atoms with Crippen molar-refractivity contribution in [3.8, 4) is 0 Å². The third-order valence-electron chi connectivity index (χ3n) is 0. The van der Waals surface area contributed by atoms with Crippen LogP contribution in [0, 0.1) is 0 Å². The summed E-state index contributed by atoms with van der Waals surface area (Å²) in [7, 11) is 2.61. The first-order chi connectivity index (χ1) is 2.00. The van der Waals surface area contributed by atoms with Gasteiger partial charge in [0.2, 0.25) is 0 Å². The second-order valence-electron chi connectivity index (χ2n) is 0. The van der Waals surface area contributed by atoms with E-state index in [0.29, 0.717) is 0 Å². The van der Waals surface area contributed by atoms with E-state index in [1.165, 1.54) is 20.5 Å². The summed E-state index contributed by atoms with van der Waals surface area (Å²) < 4.78 is 0. The fourth-order valence-electron chi connectivity index (χ4n) is 0. The molecule has 0 rings (SSSR count). The maximum absolute atomic E-state index is 2.14. The lowest BCUT2D eigenvalue weighted by molar-refractivity contribution is 2.39. The number of hydrogen-bond donors (Lipinski definition) is 0. The fourth-order valence-corrected chi connectivity index (χ4v) is 0. The molecule has 0 bridgehead atoms. The summed E-state index contributed by atoms with van der Waals surface area (Å²) in [6.07, 6.45) is 0. The van der Waals surface area contributed by atoms with Crippen molar-refractivity contribution in [1.82, 2.24) is 0 Å². The number of rotatable bonds is 0. The fraction of sp³-hybridized carbons (Fsp3) is 1.00. The molecule has 4 heavy (non-hydrogen) atoms. The Morgan fingerprint density at radius 2 is 0.750 bits per heavy atom. The Morgan fingerprint density at radius 1 is 0.750 bits per heavy atom. The van der Waals surface area contributed by atoms with Crippen LogP contribution in [-0.4, -0.2) is 20.5 Å². The Hall–Kier alpha value is 0.434. The van der Waals surface area contributed by atoms with E-state index in [4.69, 9.17) is 0 Å². The highest BCUT2D eigenvalue weighted by molar-refractivity contribution is 6.05. The molecule has 0 amide bonds. The zero-order valence-electron chi connectivity index (χ0n) is 4.00. The second-order valence-corrected chi connectivity index (χ2v) is 0. The zero-order valence-corrected chi connectivity index (χ0v) is 8.00. The average Bonchev–Trinajstić information content (AvgIpc) is 1.50. The van der Waals surface area contributed by atoms with Crippen molar-refractivity contribution in [2.24, 2.45) is 0 Å². The Balaban J connectivity index is 0. The van der Waals surface area contributed by atoms with Crippen LogP contribution in [0.1, 0.15) is 0 Å². The normalized spacial score (nSPS) is 4.50. The molecule has 0 heterocycles. The summed E-state index contributed by atoms with van der Waals surface area (Å²) >= 11 is 0. The van der Waals surface area contributed by atoms with Gasteiger partial charge < -0.3 is 0 Å². The van der Waals surface area contributed by atoms with Gasteiger partial charge in [-0.25, -0.2) is 0 Å². The van der Waals surface area contributed by atoms with Gasteiger partial charge in [-0.15, -0.1) is 0 Å². The van der Waals surface area contributed by atoms with Crippen molar-refractivity contribution in [1.29, 1.82) is 0 Å². The van der Waals surface area contributed by atoms with Crippen LogP contribution in [0.5, 0.6) is 0 Å². The maximum atomic E-state index is 2.14. The molecule has 0 nitrogen and oxygen atoms in total. The van der Waals surface area contributed by atoms with Crippen LogP contribution in [0.3, 0.4) is 0 Å². The van der Waals surface area contributed by atoms with Gasteiger partial charge in [0.15, 0.2) is 0 Å². The van der Waals surface area contributed by atoms with E-state index in [9.17, 15) is 0 Å². The van der Waals surface area contributed by atoms with E-state index in [1.807, 2.05) is 0 Å². The van der Waals surface area contributed by atoms with Crippen molar-refractivity contribution >= 4 is 20.5 Å². The smallest absolute Gasteiger partial charge is 0.000585 e. The molecule has 0 radical (unpaired) electrons. The van der Waals surface area contributed by atoms with Crippen molar-refractivity contribution < 1.29 is 0 Å². The largest absolute Gasteiger partial charge is 0.0777 e. The average molecular weight is 92.3 g/mol. The summed E-state index contributed by atoms with van der Waals surface area (Å²) in [5, 5.41) is 0. The van der Waals surface area contributed by atoms with Crippen molar-refractivity contribution in [3.63, 3.8) is 0 Å². The number of hydrogen-bond acceptors (Lipinski definition) is 0. The van der Waals surface area contributed by atoms with E-state index >= 15 is 0 Å². The molecule has 0 aromatic rings. The molecule has 0 aliphatic carbocycles. The van der Waals surface area contributed by atoms with Gasteiger partial charge in [-0.3, -0.25) is 0 Å². The van der Waals surface area contributed by atoms with Crippen LogP contribution >= 0.6 is 0 Å². The topological polar surface area (TPSA) is 0 Å². The minimum atomic E-state index is 1.31. The predicted molar refractivity (Wildman–Crippen MR) is 31.6 cm³/mol. The SMILES string of the molecule is C[SiH3].C[SiH3]. The Labute approximate surface area is 34.5 Å². The molecule has 0 atom stereocenters. The molecule has 0 unspecified atom stereocenters. The van der Waals surface area contributed by atoms with Gasteiger partial charge in [-0.2, -0.15) is 0 Å². The molecule has 0 aliphatic rings. The second kappa shape index (κ2) is 108. The lowest BCUT2D eigenvalue weighted by Gasteiger charge is -1.04. The van der Waals surface area contributed by atoms with Crippen molar-refractivity contribution in [3.05, 3.63) is 0 Å². The lowest BCUT2D eigenvalue weighted by atomic mass is 11.9. The zero-order chi connectivity index (χ0) is 4.00. The van der Waals surface area contributed by atoms with Gasteiger partial charge >= 0.3 is 0 Å². The molecule has 0 fully saturated rings. The van der Waals surface area contributed by atoms with Gasteiger partial charge in [-0.1, -0.05) is 13.1 Å². The molecule has 0 aliphatic heterocycles. The third-order valence-corrected chi connectivity index (χ3v) is 0. The Morgan fingerprint density at radius 3 is 0.750 bits per heavy atom. The monoisotopic (exact) mass is 92.0 g/mol.